The molecule has 0 aliphatic rings. The second-order valence-electron chi connectivity index (χ2n) is 7.00. The van der Waals surface area contributed by atoms with Gasteiger partial charge in [-0.1, -0.05) is 30.3 Å². The highest BCUT2D eigenvalue weighted by atomic mass is 16.5. The predicted molar refractivity (Wildman–Crippen MR) is 117 cm³/mol. The molecule has 0 aliphatic carbocycles. The van der Waals surface area contributed by atoms with Crippen molar-refractivity contribution < 1.29 is 19.4 Å². The van der Waals surface area contributed by atoms with Gasteiger partial charge in [-0.15, -0.1) is 0 Å². The van der Waals surface area contributed by atoms with Gasteiger partial charge in [-0.25, -0.2) is 0 Å². The normalized spacial score (nSPS) is 10.7. The third-order valence-corrected chi connectivity index (χ3v) is 5.07. The first kappa shape index (κ1) is 20.1. The third-order valence-electron chi connectivity index (χ3n) is 5.07. The first-order chi connectivity index (χ1) is 15.0. The highest BCUT2D eigenvalue weighted by molar-refractivity contribution is 6.15. The molecule has 6 heteroatoms. The Labute approximate surface area is 178 Å². The molecule has 4 rings (SSSR count). The second-order valence-corrected chi connectivity index (χ2v) is 7.00. The van der Waals surface area contributed by atoms with E-state index in [0.29, 0.717) is 16.7 Å². The number of nitrogens with zero attached hydrogens (tertiary/aromatic N) is 1. The molecule has 0 amide bonds. The SMILES string of the molecule is COc1ccc(C(=O)CC(=O)c2cn(-c3ccccc3)c3ccccc3c2=O)c(O)c1. The summed E-state index contributed by atoms with van der Waals surface area (Å²) >= 11 is 0. The molecule has 6 nitrogen and oxygen atoms in total. The van der Waals surface area contributed by atoms with Crippen LogP contribution >= 0.6 is 0 Å². The number of carbonyl (C=O) groups excluding carboxylic acids is 2. The number of methoxy groups -OCH3 is 1. The number of hydrogen-bond acceptors (Lipinski definition) is 5. The molecule has 1 aromatic heterocycles. The number of benzene rings is 3. The number of fused-ring (bicyclic) bond motifs is 1. The highest BCUT2D eigenvalue weighted by Crippen LogP contribution is 2.25. The van der Waals surface area contributed by atoms with Gasteiger partial charge in [0.1, 0.15) is 11.5 Å². The van der Waals surface area contributed by atoms with E-state index in [-0.39, 0.29) is 16.9 Å². The van der Waals surface area contributed by atoms with Crippen molar-refractivity contribution in [1.29, 1.82) is 0 Å². The summed E-state index contributed by atoms with van der Waals surface area (Å²) in [7, 11) is 1.44. The highest BCUT2D eigenvalue weighted by Gasteiger charge is 2.21. The van der Waals surface area contributed by atoms with Crippen molar-refractivity contribution >= 4 is 22.5 Å². The van der Waals surface area contributed by atoms with Gasteiger partial charge in [0.05, 0.1) is 30.2 Å². The molecule has 4 aromatic rings. The van der Waals surface area contributed by atoms with Crippen LogP contribution in [0.3, 0.4) is 0 Å². The van der Waals surface area contributed by atoms with E-state index < -0.39 is 23.4 Å². The number of aromatic hydroxyl groups is 1. The van der Waals surface area contributed by atoms with Gasteiger partial charge in [0.2, 0.25) is 0 Å². The minimum atomic E-state index is -0.611. The molecule has 0 atom stereocenters. The first-order valence-corrected chi connectivity index (χ1v) is 9.63. The number of pyridine rings is 1. The van der Waals surface area contributed by atoms with Gasteiger partial charge < -0.3 is 14.4 Å². The Kier molecular flexibility index (Phi) is 5.37. The van der Waals surface area contributed by atoms with Crippen LogP contribution in [0, 0.1) is 0 Å². The quantitative estimate of drug-likeness (QED) is 0.379. The Morgan fingerprint density at radius 1 is 0.903 bits per heavy atom. The van der Waals surface area contributed by atoms with E-state index in [1.807, 2.05) is 36.4 Å². The number of para-hydroxylation sites is 2. The second kappa shape index (κ2) is 8.28. The van der Waals surface area contributed by atoms with Crippen LogP contribution in [0.1, 0.15) is 27.1 Å². The molecule has 0 saturated carbocycles. The fraction of sp³-hybridized carbons (Fsp3) is 0.0800. The van der Waals surface area contributed by atoms with Gasteiger partial charge in [0.25, 0.3) is 0 Å². The largest absolute Gasteiger partial charge is 0.507 e. The Bertz CT molecular complexity index is 1360. The number of Topliss-reactive ketones (excluding diaryl/α,β-unsaturated/α-hetero) is 2. The molecule has 1 heterocycles. The number of carbonyl (C=O) groups is 2. The molecule has 154 valence electrons. The number of rotatable bonds is 6. The van der Waals surface area contributed by atoms with Crippen LogP contribution in [0.2, 0.25) is 0 Å². The summed E-state index contributed by atoms with van der Waals surface area (Å²) in [6.45, 7) is 0. The van der Waals surface area contributed by atoms with E-state index in [4.69, 9.17) is 4.74 Å². The van der Waals surface area contributed by atoms with Crippen LogP contribution < -0.4 is 10.2 Å². The standard InChI is InChI=1S/C25H19NO5/c1-31-17-11-12-19(22(27)13-17)23(28)14-24(29)20-15-26(16-7-3-2-4-8-16)21-10-6-5-9-18(21)25(20)30/h2-13,15,27H,14H2,1H3. The van der Waals surface area contributed by atoms with E-state index in [9.17, 15) is 19.5 Å². The van der Waals surface area contributed by atoms with E-state index in [1.54, 1.807) is 22.8 Å². The summed E-state index contributed by atoms with van der Waals surface area (Å²) in [6, 6.07) is 20.6. The fourth-order valence-corrected chi connectivity index (χ4v) is 3.49. The number of ether oxygens (including phenoxy) is 1. The van der Waals surface area contributed by atoms with Crippen molar-refractivity contribution in [3.63, 3.8) is 0 Å². The lowest BCUT2D eigenvalue weighted by Gasteiger charge is -2.13. The summed E-state index contributed by atoms with van der Waals surface area (Å²) in [5, 5.41) is 10.5. The molecule has 0 spiro atoms. The van der Waals surface area contributed by atoms with E-state index in [0.717, 1.165) is 5.69 Å². The maximum absolute atomic E-state index is 13.0. The monoisotopic (exact) mass is 413 g/mol. The van der Waals surface area contributed by atoms with Gasteiger partial charge in [-0.2, -0.15) is 0 Å². The van der Waals surface area contributed by atoms with E-state index in [2.05, 4.69) is 0 Å². The van der Waals surface area contributed by atoms with Crippen LogP contribution in [0.15, 0.2) is 83.8 Å². The summed E-state index contributed by atoms with van der Waals surface area (Å²) in [5.41, 5.74) is 0.933. The number of hydrogen-bond donors (Lipinski definition) is 1. The maximum Gasteiger partial charge on any atom is 0.200 e. The van der Waals surface area contributed by atoms with Crippen molar-refractivity contribution in [3.05, 3.63) is 100 Å². The summed E-state index contributed by atoms with van der Waals surface area (Å²) in [4.78, 5) is 38.6. The summed E-state index contributed by atoms with van der Waals surface area (Å²) in [5.74, 6) is -1.08. The number of aromatic nitrogens is 1. The molecular weight excluding hydrogens is 394 g/mol. The number of phenolic OH excluding ortho intramolecular Hbond substituents is 1. The lowest BCUT2D eigenvalue weighted by molar-refractivity contribution is 0.0892. The average molecular weight is 413 g/mol. The molecular formula is C25H19NO5. The van der Waals surface area contributed by atoms with Crippen molar-refractivity contribution in [3.8, 4) is 17.2 Å². The Morgan fingerprint density at radius 3 is 2.29 bits per heavy atom. The van der Waals surface area contributed by atoms with E-state index >= 15 is 0 Å². The number of phenols is 1. The van der Waals surface area contributed by atoms with Crippen LogP contribution in [-0.4, -0.2) is 28.3 Å². The smallest absolute Gasteiger partial charge is 0.200 e. The Balaban J connectivity index is 1.76. The first-order valence-electron chi connectivity index (χ1n) is 9.63. The zero-order chi connectivity index (χ0) is 22.0. The zero-order valence-electron chi connectivity index (χ0n) is 16.7. The predicted octanol–water partition coefficient (Wildman–Crippen LogP) is 4.16. The third kappa shape index (κ3) is 3.83. The molecule has 3 aromatic carbocycles. The van der Waals surface area contributed by atoms with Crippen LogP contribution in [-0.2, 0) is 0 Å². The Hall–Kier alpha value is -4.19. The van der Waals surface area contributed by atoms with Gasteiger partial charge in [0, 0.05) is 23.3 Å². The molecule has 0 fully saturated rings. The zero-order valence-corrected chi connectivity index (χ0v) is 16.7. The van der Waals surface area contributed by atoms with Gasteiger partial charge in [0.15, 0.2) is 17.0 Å². The molecule has 31 heavy (non-hydrogen) atoms. The van der Waals surface area contributed by atoms with Crippen LogP contribution in [0.25, 0.3) is 16.6 Å². The van der Waals surface area contributed by atoms with Gasteiger partial charge >= 0.3 is 0 Å². The Morgan fingerprint density at radius 2 is 1.58 bits per heavy atom. The fourth-order valence-electron chi connectivity index (χ4n) is 3.49. The summed E-state index contributed by atoms with van der Waals surface area (Å²) in [6.07, 6.45) is 0.936. The van der Waals surface area contributed by atoms with Crippen LogP contribution in [0.5, 0.6) is 11.5 Å². The van der Waals surface area contributed by atoms with Crippen molar-refractivity contribution in [2.24, 2.45) is 0 Å². The minimum Gasteiger partial charge on any atom is -0.507 e. The summed E-state index contributed by atoms with van der Waals surface area (Å²) < 4.78 is 6.77. The molecule has 0 aliphatic heterocycles. The lowest BCUT2D eigenvalue weighted by Crippen LogP contribution is -2.20. The van der Waals surface area contributed by atoms with Crippen molar-refractivity contribution in [1.82, 2.24) is 4.57 Å². The van der Waals surface area contributed by atoms with E-state index in [1.165, 1.54) is 31.5 Å². The van der Waals surface area contributed by atoms with Gasteiger partial charge in [-0.05, 0) is 36.4 Å². The topological polar surface area (TPSA) is 85.6 Å². The minimum absolute atomic E-state index is 0.00155. The van der Waals surface area contributed by atoms with Crippen molar-refractivity contribution in [2.75, 3.05) is 7.11 Å². The number of ketones is 2. The lowest BCUT2D eigenvalue weighted by atomic mass is 10.00. The molecule has 0 bridgehead atoms. The molecule has 0 radical (unpaired) electrons. The molecule has 1 N–H and O–H groups in total. The maximum atomic E-state index is 13.0. The average Bonchev–Trinajstić information content (AvgIpc) is 2.79. The molecule has 0 unspecified atom stereocenters. The van der Waals surface area contributed by atoms with Crippen molar-refractivity contribution in [2.45, 2.75) is 6.42 Å². The van der Waals surface area contributed by atoms with Gasteiger partial charge in [-0.3, -0.25) is 14.4 Å². The molecule has 0 saturated heterocycles. The van der Waals surface area contributed by atoms with Crippen LogP contribution in [0.4, 0.5) is 0 Å².